The monoisotopic (exact) mass is 356 g/mol. The van der Waals surface area contributed by atoms with Gasteiger partial charge in [-0.15, -0.1) is 0 Å². The summed E-state index contributed by atoms with van der Waals surface area (Å²) in [7, 11) is 0. The standard InChI is InChI=1S/C19H20N2O5/c22-17-13-3-1-2-4-14(13)18(23)21(17)12-5-6-16(15(11-12)19(24)25)20-7-9-26-10-8-20/h1-2,5-6,11,13-14H,3-4,7-10H2,(H,24,25). The molecule has 1 N–H and O–H groups in total. The lowest BCUT2D eigenvalue weighted by atomic mass is 9.85. The highest BCUT2D eigenvalue weighted by atomic mass is 16.5. The highest BCUT2D eigenvalue weighted by molar-refractivity contribution is 6.22. The summed E-state index contributed by atoms with van der Waals surface area (Å²) in [5, 5.41) is 9.65. The second-order valence-electron chi connectivity index (χ2n) is 6.77. The van der Waals surface area contributed by atoms with Crippen molar-refractivity contribution in [2.45, 2.75) is 12.8 Å². The fourth-order valence-corrected chi connectivity index (χ4v) is 3.97. The van der Waals surface area contributed by atoms with Gasteiger partial charge in [0, 0.05) is 13.1 Å². The topological polar surface area (TPSA) is 87.2 Å². The van der Waals surface area contributed by atoms with Gasteiger partial charge in [-0.2, -0.15) is 0 Å². The van der Waals surface area contributed by atoms with Gasteiger partial charge in [-0.1, -0.05) is 12.2 Å². The minimum atomic E-state index is -1.08. The first-order valence-electron chi connectivity index (χ1n) is 8.81. The van der Waals surface area contributed by atoms with E-state index in [0.29, 0.717) is 50.5 Å². The van der Waals surface area contributed by atoms with Crippen LogP contribution < -0.4 is 9.80 Å². The molecule has 0 bridgehead atoms. The number of ether oxygens (including phenoxy) is 1. The van der Waals surface area contributed by atoms with Crippen molar-refractivity contribution in [2.75, 3.05) is 36.1 Å². The van der Waals surface area contributed by atoms with Crippen LogP contribution in [0.3, 0.4) is 0 Å². The van der Waals surface area contributed by atoms with Crippen molar-refractivity contribution in [3.63, 3.8) is 0 Å². The molecule has 2 amide bonds. The highest BCUT2D eigenvalue weighted by Gasteiger charge is 2.48. The molecule has 1 aromatic rings. The summed E-state index contributed by atoms with van der Waals surface area (Å²) in [6.45, 7) is 2.30. The van der Waals surface area contributed by atoms with Crippen molar-refractivity contribution in [3.05, 3.63) is 35.9 Å². The summed E-state index contributed by atoms with van der Waals surface area (Å²) < 4.78 is 5.32. The molecular formula is C19H20N2O5. The van der Waals surface area contributed by atoms with E-state index in [1.807, 2.05) is 17.1 Å². The number of imide groups is 1. The van der Waals surface area contributed by atoms with Gasteiger partial charge in [-0.05, 0) is 31.0 Å². The minimum absolute atomic E-state index is 0.0954. The van der Waals surface area contributed by atoms with E-state index in [9.17, 15) is 19.5 Å². The van der Waals surface area contributed by atoms with Crippen molar-refractivity contribution in [3.8, 4) is 0 Å². The first-order chi connectivity index (χ1) is 12.6. The van der Waals surface area contributed by atoms with Crippen molar-refractivity contribution in [2.24, 2.45) is 11.8 Å². The first kappa shape index (κ1) is 16.8. The molecular weight excluding hydrogens is 336 g/mol. The number of morpholine rings is 1. The van der Waals surface area contributed by atoms with E-state index < -0.39 is 5.97 Å². The number of nitrogens with zero attached hydrogens (tertiary/aromatic N) is 2. The number of carboxylic acids is 1. The fraction of sp³-hybridized carbons (Fsp3) is 0.421. The van der Waals surface area contributed by atoms with Crippen molar-refractivity contribution in [1.29, 1.82) is 0 Å². The fourth-order valence-electron chi connectivity index (χ4n) is 3.97. The van der Waals surface area contributed by atoms with Crippen LogP contribution in [0.1, 0.15) is 23.2 Å². The molecule has 0 saturated carbocycles. The molecule has 2 unspecified atom stereocenters. The summed E-state index contributed by atoms with van der Waals surface area (Å²) in [5.41, 5.74) is 1.02. The molecule has 1 aromatic carbocycles. The minimum Gasteiger partial charge on any atom is -0.478 e. The predicted octanol–water partition coefficient (Wildman–Crippen LogP) is 1.68. The molecule has 4 rings (SSSR count). The number of rotatable bonds is 3. The Balaban J connectivity index is 1.69. The third kappa shape index (κ3) is 2.68. The average molecular weight is 356 g/mol. The van der Waals surface area contributed by atoms with Crippen molar-refractivity contribution >= 4 is 29.2 Å². The maximum absolute atomic E-state index is 12.7. The maximum Gasteiger partial charge on any atom is 0.337 e. The number of carbonyl (C=O) groups excluding carboxylic acids is 2. The predicted molar refractivity (Wildman–Crippen MR) is 94.3 cm³/mol. The molecule has 0 spiro atoms. The quantitative estimate of drug-likeness (QED) is 0.655. The number of hydrogen-bond donors (Lipinski definition) is 1. The van der Waals surface area contributed by atoms with E-state index in [4.69, 9.17) is 4.74 Å². The molecule has 136 valence electrons. The number of anilines is 2. The Kier molecular flexibility index (Phi) is 4.24. The molecule has 0 radical (unpaired) electrons. The lowest BCUT2D eigenvalue weighted by Gasteiger charge is -2.30. The summed E-state index contributed by atoms with van der Waals surface area (Å²) in [6, 6.07) is 4.79. The zero-order valence-electron chi connectivity index (χ0n) is 14.3. The largest absolute Gasteiger partial charge is 0.478 e. The van der Waals surface area contributed by atoms with Crippen molar-refractivity contribution in [1.82, 2.24) is 0 Å². The van der Waals surface area contributed by atoms with Crippen LogP contribution in [0.25, 0.3) is 0 Å². The summed E-state index contributed by atoms with van der Waals surface area (Å²) in [5.74, 6) is -2.22. The first-order valence-corrected chi connectivity index (χ1v) is 8.81. The van der Waals surface area contributed by atoms with Crippen LogP contribution in [0.2, 0.25) is 0 Å². The van der Waals surface area contributed by atoms with E-state index in [-0.39, 0.29) is 29.2 Å². The van der Waals surface area contributed by atoms with E-state index >= 15 is 0 Å². The molecule has 2 fully saturated rings. The molecule has 2 heterocycles. The number of amides is 2. The molecule has 2 aliphatic heterocycles. The lowest BCUT2D eigenvalue weighted by Crippen LogP contribution is -2.37. The molecule has 1 aliphatic carbocycles. The van der Waals surface area contributed by atoms with E-state index in [1.165, 1.54) is 6.07 Å². The number of aromatic carboxylic acids is 1. The van der Waals surface area contributed by atoms with Gasteiger partial charge in [0.05, 0.1) is 42.0 Å². The van der Waals surface area contributed by atoms with Gasteiger partial charge in [0.2, 0.25) is 11.8 Å². The summed E-state index contributed by atoms with van der Waals surface area (Å²) in [6.07, 6.45) is 4.98. The zero-order chi connectivity index (χ0) is 18.3. The van der Waals surface area contributed by atoms with Crippen LogP contribution in [-0.4, -0.2) is 49.2 Å². The molecule has 7 heteroatoms. The Bertz CT molecular complexity index is 771. The Labute approximate surface area is 150 Å². The van der Waals surface area contributed by atoms with Gasteiger partial charge >= 0.3 is 5.97 Å². The number of carbonyl (C=O) groups is 3. The van der Waals surface area contributed by atoms with Crippen LogP contribution in [0.4, 0.5) is 11.4 Å². The van der Waals surface area contributed by atoms with Crippen LogP contribution in [0, 0.1) is 11.8 Å². The lowest BCUT2D eigenvalue weighted by molar-refractivity contribution is -0.122. The van der Waals surface area contributed by atoms with Gasteiger partial charge in [-0.3, -0.25) is 14.5 Å². The average Bonchev–Trinajstić information content (AvgIpc) is 2.93. The van der Waals surface area contributed by atoms with E-state index in [0.717, 1.165) is 4.90 Å². The van der Waals surface area contributed by atoms with Crippen LogP contribution >= 0.6 is 0 Å². The number of carboxylic acid groups (broad SMARTS) is 1. The molecule has 26 heavy (non-hydrogen) atoms. The molecule has 2 saturated heterocycles. The highest BCUT2D eigenvalue weighted by Crippen LogP contribution is 2.38. The smallest absolute Gasteiger partial charge is 0.337 e. The Hall–Kier alpha value is -2.67. The number of fused-ring (bicyclic) bond motifs is 1. The van der Waals surface area contributed by atoms with Gasteiger partial charge in [0.15, 0.2) is 0 Å². The molecule has 2 atom stereocenters. The van der Waals surface area contributed by atoms with Crippen LogP contribution in [-0.2, 0) is 14.3 Å². The third-order valence-corrected chi connectivity index (χ3v) is 5.33. The summed E-state index contributed by atoms with van der Waals surface area (Å²) >= 11 is 0. The van der Waals surface area contributed by atoms with E-state index in [1.54, 1.807) is 12.1 Å². The van der Waals surface area contributed by atoms with Crippen LogP contribution in [0.5, 0.6) is 0 Å². The SMILES string of the molecule is O=C(O)c1cc(N2C(=O)C3CC=CCC3C2=O)ccc1N1CCOCC1. The second kappa shape index (κ2) is 6.57. The van der Waals surface area contributed by atoms with Gasteiger partial charge < -0.3 is 14.7 Å². The van der Waals surface area contributed by atoms with E-state index in [2.05, 4.69) is 0 Å². The number of benzene rings is 1. The Morgan fingerprint density at radius 2 is 1.65 bits per heavy atom. The molecule has 0 aromatic heterocycles. The number of hydrogen-bond acceptors (Lipinski definition) is 5. The summed E-state index contributed by atoms with van der Waals surface area (Å²) in [4.78, 5) is 40.3. The second-order valence-corrected chi connectivity index (χ2v) is 6.77. The van der Waals surface area contributed by atoms with Crippen molar-refractivity contribution < 1.29 is 24.2 Å². The Morgan fingerprint density at radius 1 is 1.04 bits per heavy atom. The van der Waals surface area contributed by atoms with Gasteiger partial charge in [0.1, 0.15) is 0 Å². The van der Waals surface area contributed by atoms with Gasteiger partial charge in [0.25, 0.3) is 0 Å². The normalized spacial score (nSPS) is 25.5. The van der Waals surface area contributed by atoms with Gasteiger partial charge in [-0.25, -0.2) is 4.79 Å². The van der Waals surface area contributed by atoms with Crippen LogP contribution in [0.15, 0.2) is 30.4 Å². The molecule has 7 nitrogen and oxygen atoms in total. The number of allylic oxidation sites excluding steroid dienone is 2. The molecule has 3 aliphatic rings. The Morgan fingerprint density at radius 3 is 2.23 bits per heavy atom. The maximum atomic E-state index is 12.7. The third-order valence-electron chi connectivity index (χ3n) is 5.33. The zero-order valence-corrected chi connectivity index (χ0v) is 14.3.